The monoisotopic (exact) mass is 301 g/mol. The van der Waals surface area contributed by atoms with E-state index in [0.29, 0.717) is 0 Å². The number of likely N-dealkylation sites (tertiary alicyclic amines) is 1. The summed E-state index contributed by atoms with van der Waals surface area (Å²) < 4.78 is 0. The van der Waals surface area contributed by atoms with Crippen LogP contribution in [0.15, 0.2) is 30.0 Å². The molecule has 110 valence electrons. The molecule has 0 unspecified atom stereocenters. The lowest BCUT2D eigenvalue weighted by Gasteiger charge is -2.34. The van der Waals surface area contributed by atoms with Crippen molar-refractivity contribution in [3.8, 4) is 0 Å². The molecule has 0 spiro atoms. The molecule has 4 rings (SSSR count). The Morgan fingerprint density at radius 2 is 1.90 bits per heavy atom. The van der Waals surface area contributed by atoms with Crippen LogP contribution in [0.2, 0.25) is 0 Å². The van der Waals surface area contributed by atoms with Crippen LogP contribution >= 0.6 is 11.3 Å². The van der Waals surface area contributed by atoms with Crippen molar-refractivity contribution in [2.24, 2.45) is 11.8 Å². The van der Waals surface area contributed by atoms with E-state index < -0.39 is 0 Å². The van der Waals surface area contributed by atoms with Crippen molar-refractivity contribution in [1.29, 1.82) is 0 Å². The van der Waals surface area contributed by atoms with Crippen molar-refractivity contribution in [3.63, 3.8) is 0 Å². The lowest BCUT2D eigenvalue weighted by Crippen LogP contribution is -2.40. The van der Waals surface area contributed by atoms with Crippen LogP contribution in [0.3, 0.4) is 0 Å². The van der Waals surface area contributed by atoms with Gasteiger partial charge in [0.1, 0.15) is 5.01 Å². The molecule has 0 N–H and O–H groups in total. The molecule has 5 nitrogen and oxygen atoms in total. The van der Waals surface area contributed by atoms with Gasteiger partial charge in [-0.15, -0.1) is 11.3 Å². The van der Waals surface area contributed by atoms with Crippen LogP contribution < -0.4 is 4.90 Å². The second-order valence-corrected chi connectivity index (χ2v) is 6.90. The zero-order valence-corrected chi connectivity index (χ0v) is 12.7. The molecule has 2 aliphatic rings. The van der Waals surface area contributed by atoms with Gasteiger partial charge in [-0.05, 0) is 24.3 Å². The molecule has 2 aromatic rings. The van der Waals surface area contributed by atoms with E-state index in [2.05, 4.69) is 30.1 Å². The van der Waals surface area contributed by atoms with Gasteiger partial charge in [-0.25, -0.2) is 15.0 Å². The van der Waals surface area contributed by atoms with E-state index in [1.165, 1.54) is 24.5 Å². The van der Waals surface area contributed by atoms with Crippen molar-refractivity contribution < 1.29 is 0 Å². The van der Waals surface area contributed by atoms with Gasteiger partial charge in [0.25, 0.3) is 0 Å². The number of thiazole rings is 1. The van der Waals surface area contributed by atoms with Gasteiger partial charge in [0, 0.05) is 50.1 Å². The Morgan fingerprint density at radius 1 is 1.05 bits per heavy atom. The van der Waals surface area contributed by atoms with E-state index in [1.54, 1.807) is 11.3 Å². The summed E-state index contributed by atoms with van der Waals surface area (Å²) in [4.78, 5) is 18.1. The fourth-order valence-electron chi connectivity index (χ4n) is 3.55. The van der Waals surface area contributed by atoms with E-state index in [1.807, 2.05) is 24.7 Å². The molecule has 2 atom stereocenters. The number of piperidine rings is 1. The summed E-state index contributed by atoms with van der Waals surface area (Å²) in [6.45, 7) is 5.56. The molecule has 6 heteroatoms. The molecule has 2 aliphatic heterocycles. The van der Waals surface area contributed by atoms with Crippen molar-refractivity contribution >= 4 is 17.3 Å². The molecule has 0 radical (unpaired) electrons. The van der Waals surface area contributed by atoms with E-state index in [0.717, 1.165) is 37.4 Å². The first-order valence-corrected chi connectivity index (χ1v) is 8.39. The summed E-state index contributed by atoms with van der Waals surface area (Å²) in [6.07, 6.45) is 6.81. The number of anilines is 1. The number of nitrogens with zero attached hydrogens (tertiary/aromatic N) is 5. The predicted molar refractivity (Wildman–Crippen MR) is 83.2 cm³/mol. The van der Waals surface area contributed by atoms with Crippen molar-refractivity contribution in [3.05, 3.63) is 35.0 Å². The van der Waals surface area contributed by atoms with E-state index in [-0.39, 0.29) is 0 Å². The molecule has 0 aromatic carbocycles. The second kappa shape index (κ2) is 5.69. The SMILES string of the molecule is c1cnc(N2CC[C@H]3CN(Cc4nccs4)C[C@H]3C2)nc1. The molecule has 2 aromatic heterocycles. The zero-order chi connectivity index (χ0) is 14.1. The van der Waals surface area contributed by atoms with Crippen LogP contribution in [0.5, 0.6) is 0 Å². The Balaban J connectivity index is 1.40. The minimum absolute atomic E-state index is 0.738. The molecule has 21 heavy (non-hydrogen) atoms. The van der Waals surface area contributed by atoms with E-state index in [9.17, 15) is 0 Å². The molecule has 0 saturated carbocycles. The molecule has 2 fully saturated rings. The molecule has 0 aliphatic carbocycles. The lowest BCUT2D eigenvalue weighted by molar-refractivity contribution is 0.313. The summed E-state index contributed by atoms with van der Waals surface area (Å²) in [6, 6.07) is 1.88. The number of fused-ring (bicyclic) bond motifs is 1. The standard InChI is InChI=1S/C15H19N5S/c1-3-17-15(18-4-1)20-6-2-12-8-19(9-13(12)10-20)11-14-16-5-7-21-14/h1,3-5,7,12-13H,2,6,8-11H2/t12-,13-/m0/s1. The Labute approximate surface area is 128 Å². The third-order valence-corrected chi connectivity index (χ3v) is 5.32. The van der Waals surface area contributed by atoms with E-state index in [4.69, 9.17) is 0 Å². The van der Waals surface area contributed by atoms with Gasteiger partial charge in [-0.2, -0.15) is 0 Å². The molecule has 2 saturated heterocycles. The summed E-state index contributed by atoms with van der Waals surface area (Å²) in [5.74, 6) is 2.45. The van der Waals surface area contributed by atoms with Gasteiger partial charge in [-0.3, -0.25) is 4.90 Å². The third kappa shape index (κ3) is 2.78. The molecule has 4 heterocycles. The predicted octanol–water partition coefficient (Wildman–Crippen LogP) is 1.89. The number of hydrogen-bond acceptors (Lipinski definition) is 6. The summed E-state index contributed by atoms with van der Waals surface area (Å²) in [5, 5.41) is 3.30. The topological polar surface area (TPSA) is 45.2 Å². The van der Waals surface area contributed by atoms with Crippen LogP contribution in [0.4, 0.5) is 5.95 Å². The Bertz CT molecular complexity index is 573. The molecule has 0 amide bonds. The van der Waals surface area contributed by atoms with Gasteiger partial charge in [-0.1, -0.05) is 0 Å². The summed E-state index contributed by atoms with van der Waals surface area (Å²) in [5.41, 5.74) is 0. The lowest BCUT2D eigenvalue weighted by atomic mass is 9.89. The first-order valence-electron chi connectivity index (χ1n) is 7.51. The van der Waals surface area contributed by atoms with Crippen LogP contribution in [-0.4, -0.2) is 46.0 Å². The van der Waals surface area contributed by atoms with Crippen LogP contribution in [0.1, 0.15) is 11.4 Å². The maximum absolute atomic E-state index is 4.41. The maximum Gasteiger partial charge on any atom is 0.225 e. The first-order chi connectivity index (χ1) is 10.4. The van der Waals surface area contributed by atoms with Gasteiger partial charge < -0.3 is 4.90 Å². The smallest absolute Gasteiger partial charge is 0.225 e. The maximum atomic E-state index is 4.41. The highest BCUT2D eigenvalue weighted by Crippen LogP contribution is 2.33. The fraction of sp³-hybridized carbons (Fsp3) is 0.533. The highest BCUT2D eigenvalue weighted by atomic mass is 32.1. The van der Waals surface area contributed by atoms with Crippen molar-refractivity contribution in [2.75, 3.05) is 31.1 Å². The zero-order valence-electron chi connectivity index (χ0n) is 11.9. The molecular formula is C15H19N5S. The van der Waals surface area contributed by atoms with Gasteiger partial charge in [0.15, 0.2) is 0 Å². The normalized spacial score (nSPS) is 26.0. The fourth-order valence-corrected chi connectivity index (χ4v) is 4.21. The summed E-state index contributed by atoms with van der Waals surface area (Å²) >= 11 is 1.76. The van der Waals surface area contributed by atoms with Crippen LogP contribution in [0, 0.1) is 11.8 Å². The van der Waals surface area contributed by atoms with Crippen molar-refractivity contribution in [1.82, 2.24) is 19.9 Å². The first kappa shape index (κ1) is 13.2. The number of aromatic nitrogens is 3. The van der Waals surface area contributed by atoms with Gasteiger partial charge in [0.05, 0.1) is 6.54 Å². The molecular weight excluding hydrogens is 282 g/mol. The van der Waals surface area contributed by atoms with Crippen LogP contribution in [-0.2, 0) is 6.54 Å². The highest BCUT2D eigenvalue weighted by Gasteiger charge is 2.37. The second-order valence-electron chi connectivity index (χ2n) is 5.92. The number of hydrogen-bond donors (Lipinski definition) is 0. The highest BCUT2D eigenvalue weighted by molar-refractivity contribution is 7.09. The largest absolute Gasteiger partial charge is 0.340 e. The van der Waals surface area contributed by atoms with E-state index >= 15 is 0 Å². The average molecular weight is 301 g/mol. The average Bonchev–Trinajstić information content (AvgIpc) is 3.16. The molecule has 0 bridgehead atoms. The Hall–Kier alpha value is -1.53. The minimum Gasteiger partial charge on any atom is -0.340 e. The third-order valence-electron chi connectivity index (χ3n) is 4.55. The van der Waals surface area contributed by atoms with Crippen molar-refractivity contribution in [2.45, 2.75) is 13.0 Å². The Kier molecular flexibility index (Phi) is 3.57. The minimum atomic E-state index is 0.738. The summed E-state index contributed by atoms with van der Waals surface area (Å²) in [7, 11) is 0. The quantitative estimate of drug-likeness (QED) is 0.866. The Morgan fingerprint density at radius 3 is 2.71 bits per heavy atom. The van der Waals surface area contributed by atoms with Gasteiger partial charge >= 0.3 is 0 Å². The van der Waals surface area contributed by atoms with Crippen LogP contribution in [0.25, 0.3) is 0 Å². The van der Waals surface area contributed by atoms with Gasteiger partial charge in [0.2, 0.25) is 5.95 Å². The number of rotatable bonds is 3.